The second-order valence-corrected chi connectivity index (χ2v) is 5.20. The minimum Gasteiger partial charge on any atom is -0.490 e. The zero-order chi connectivity index (χ0) is 12.3. The summed E-state index contributed by atoms with van der Waals surface area (Å²) in [7, 11) is 0. The van der Waals surface area contributed by atoms with E-state index in [9.17, 15) is 8.78 Å². The Bertz CT molecular complexity index is 389. The summed E-state index contributed by atoms with van der Waals surface area (Å²) in [5.41, 5.74) is 0. The van der Waals surface area contributed by atoms with E-state index in [4.69, 9.17) is 4.74 Å². The van der Waals surface area contributed by atoms with Gasteiger partial charge >= 0.3 is 0 Å². The van der Waals surface area contributed by atoms with Crippen LogP contribution in [0.3, 0.4) is 0 Å². The predicted molar refractivity (Wildman–Crippen MR) is 65.6 cm³/mol. The van der Waals surface area contributed by atoms with E-state index in [1.807, 2.05) is 0 Å². The molecule has 0 radical (unpaired) electrons. The molecule has 0 bridgehead atoms. The highest BCUT2D eigenvalue weighted by atomic mass is 32.2. The van der Waals surface area contributed by atoms with Crippen LogP contribution in [0.2, 0.25) is 0 Å². The van der Waals surface area contributed by atoms with Crippen molar-refractivity contribution in [2.45, 2.75) is 30.6 Å². The van der Waals surface area contributed by atoms with Gasteiger partial charge < -0.3 is 4.74 Å². The Balaban J connectivity index is 2.03. The average Bonchev–Trinajstić information content (AvgIpc) is 2.84. The van der Waals surface area contributed by atoms with Gasteiger partial charge in [-0.3, -0.25) is 0 Å². The van der Waals surface area contributed by atoms with Crippen molar-refractivity contribution in [1.29, 1.82) is 0 Å². The molecule has 4 heteroatoms. The summed E-state index contributed by atoms with van der Waals surface area (Å²) < 4.78 is 32.5. The first-order valence-corrected chi connectivity index (χ1v) is 7.09. The molecule has 1 fully saturated rings. The lowest BCUT2D eigenvalue weighted by atomic mass is 10.1. The third-order valence-corrected chi connectivity index (χ3v) is 3.94. The molecule has 0 aromatic heterocycles. The van der Waals surface area contributed by atoms with Crippen LogP contribution in [0, 0.1) is 17.6 Å². The van der Waals surface area contributed by atoms with Crippen molar-refractivity contribution in [3.05, 3.63) is 23.8 Å². The van der Waals surface area contributed by atoms with E-state index in [-0.39, 0.29) is 5.75 Å². The van der Waals surface area contributed by atoms with Crippen molar-refractivity contribution in [3.63, 3.8) is 0 Å². The molecule has 1 aromatic rings. The predicted octanol–water partition coefficient (Wildman–Crippen LogP) is 4.26. The van der Waals surface area contributed by atoms with E-state index in [1.54, 1.807) is 12.3 Å². The van der Waals surface area contributed by atoms with Gasteiger partial charge in [-0.25, -0.2) is 4.39 Å². The molecular formula is C13H16F2OS. The molecule has 2 rings (SSSR count). The van der Waals surface area contributed by atoms with Crippen LogP contribution in [-0.4, -0.2) is 12.9 Å². The van der Waals surface area contributed by atoms with Crippen molar-refractivity contribution in [2.24, 2.45) is 5.92 Å². The van der Waals surface area contributed by atoms with Crippen molar-refractivity contribution < 1.29 is 13.5 Å². The third kappa shape index (κ3) is 2.92. The Labute approximate surface area is 105 Å². The van der Waals surface area contributed by atoms with E-state index >= 15 is 0 Å². The summed E-state index contributed by atoms with van der Waals surface area (Å²) >= 11 is 1.19. The van der Waals surface area contributed by atoms with Crippen LogP contribution >= 0.6 is 11.8 Å². The maximum Gasteiger partial charge on any atom is 0.201 e. The minimum atomic E-state index is -0.866. The molecule has 94 valence electrons. The third-order valence-electron chi connectivity index (χ3n) is 3.18. The molecule has 0 spiro atoms. The van der Waals surface area contributed by atoms with Crippen LogP contribution in [-0.2, 0) is 0 Å². The molecule has 0 unspecified atom stereocenters. The van der Waals surface area contributed by atoms with Gasteiger partial charge in [0.25, 0.3) is 0 Å². The minimum absolute atomic E-state index is 0.0344. The molecule has 17 heavy (non-hydrogen) atoms. The second-order valence-electron chi connectivity index (χ2n) is 4.36. The average molecular weight is 258 g/mol. The molecule has 1 aliphatic rings. The smallest absolute Gasteiger partial charge is 0.201 e. The van der Waals surface area contributed by atoms with Gasteiger partial charge in [-0.2, -0.15) is 4.39 Å². The van der Waals surface area contributed by atoms with Crippen molar-refractivity contribution in [1.82, 2.24) is 0 Å². The SMILES string of the molecule is CSc1ccc(OCC2CCCC2)c(F)c1F. The molecule has 1 nitrogen and oxygen atoms in total. The molecule has 0 amide bonds. The van der Waals surface area contributed by atoms with E-state index in [0.717, 1.165) is 12.8 Å². The monoisotopic (exact) mass is 258 g/mol. The Morgan fingerprint density at radius 2 is 1.94 bits per heavy atom. The quantitative estimate of drug-likeness (QED) is 0.746. The lowest BCUT2D eigenvalue weighted by Crippen LogP contribution is -2.09. The van der Waals surface area contributed by atoms with Crippen LogP contribution in [0.4, 0.5) is 8.78 Å². The maximum atomic E-state index is 13.6. The molecule has 0 aliphatic heterocycles. The zero-order valence-electron chi connectivity index (χ0n) is 9.84. The molecule has 0 atom stereocenters. The van der Waals surface area contributed by atoms with Crippen LogP contribution in [0.15, 0.2) is 17.0 Å². The van der Waals surface area contributed by atoms with Gasteiger partial charge in [-0.05, 0) is 37.1 Å². The van der Waals surface area contributed by atoms with Gasteiger partial charge in [0.15, 0.2) is 11.6 Å². The van der Waals surface area contributed by atoms with Crippen LogP contribution < -0.4 is 4.74 Å². The molecule has 1 saturated carbocycles. The van der Waals surface area contributed by atoms with Crippen LogP contribution in [0.1, 0.15) is 25.7 Å². The van der Waals surface area contributed by atoms with E-state index < -0.39 is 11.6 Å². The van der Waals surface area contributed by atoms with E-state index in [2.05, 4.69) is 0 Å². The van der Waals surface area contributed by atoms with Crippen LogP contribution in [0.25, 0.3) is 0 Å². The summed E-state index contributed by atoms with van der Waals surface area (Å²) in [5, 5.41) is 0. The topological polar surface area (TPSA) is 9.23 Å². The Hall–Kier alpha value is -0.770. The Kier molecular flexibility index (Phi) is 4.26. The Morgan fingerprint density at radius 1 is 1.24 bits per heavy atom. The highest BCUT2D eigenvalue weighted by Gasteiger charge is 2.18. The summed E-state index contributed by atoms with van der Waals surface area (Å²) in [6.45, 7) is 0.495. The highest BCUT2D eigenvalue weighted by molar-refractivity contribution is 7.98. The fourth-order valence-electron chi connectivity index (χ4n) is 2.17. The first-order chi connectivity index (χ1) is 8.22. The summed E-state index contributed by atoms with van der Waals surface area (Å²) in [5.74, 6) is -1.14. The number of benzene rings is 1. The molecular weight excluding hydrogens is 242 g/mol. The molecule has 0 N–H and O–H groups in total. The number of halogens is 2. The van der Waals surface area contributed by atoms with Gasteiger partial charge in [-0.15, -0.1) is 11.8 Å². The lowest BCUT2D eigenvalue weighted by Gasteiger charge is -2.12. The van der Waals surface area contributed by atoms with Gasteiger partial charge in [0.1, 0.15) is 0 Å². The lowest BCUT2D eigenvalue weighted by molar-refractivity contribution is 0.238. The van der Waals surface area contributed by atoms with Gasteiger partial charge in [-0.1, -0.05) is 12.8 Å². The fourth-order valence-corrected chi connectivity index (χ4v) is 2.64. The summed E-state index contributed by atoms with van der Waals surface area (Å²) in [4.78, 5) is 0.315. The molecule has 0 saturated heterocycles. The molecule has 1 aliphatic carbocycles. The number of hydrogen-bond donors (Lipinski definition) is 0. The molecule has 1 aromatic carbocycles. The zero-order valence-corrected chi connectivity index (χ0v) is 10.7. The van der Waals surface area contributed by atoms with Gasteiger partial charge in [0, 0.05) is 4.90 Å². The standard InChI is InChI=1S/C13H16F2OS/c1-17-11-7-6-10(12(14)13(11)15)16-8-9-4-2-3-5-9/h6-7,9H,2-5,8H2,1H3. The second kappa shape index (κ2) is 5.71. The molecule has 0 heterocycles. The van der Waals surface area contributed by atoms with Gasteiger partial charge in [0.05, 0.1) is 6.61 Å². The van der Waals surface area contributed by atoms with Crippen molar-refractivity contribution in [3.8, 4) is 5.75 Å². The largest absolute Gasteiger partial charge is 0.490 e. The first kappa shape index (κ1) is 12.7. The number of rotatable bonds is 4. The normalized spacial score (nSPS) is 16.4. The number of ether oxygens (including phenoxy) is 1. The highest BCUT2D eigenvalue weighted by Crippen LogP contribution is 2.30. The summed E-state index contributed by atoms with van der Waals surface area (Å²) in [6.07, 6.45) is 6.42. The maximum absolute atomic E-state index is 13.6. The number of hydrogen-bond acceptors (Lipinski definition) is 2. The fraction of sp³-hybridized carbons (Fsp3) is 0.538. The van der Waals surface area contributed by atoms with Crippen LogP contribution in [0.5, 0.6) is 5.75 Å². The van der Waals surface area contributed by atoms with Gasteiger partial charge in [0.2, 0.25) is 5.82 Å². The van der Waals surface area contributed by atoms with Crippen molar-refractivity contribution in [2.75, 3.05) is 12.9 Å². The van der Waals surface area contributed by atoms with Crippen molar-refractivity contribution >= 4 is 11.8 Å². The summed E-state index contributed by atoms with van der Waals surface area (Å²) in [6, 6.07) is 3.08. The van der Waals surface area contributed by atoms with E-state index in [0.29, 0.717) is 17.4 Å². The Morgan fingerprint density at radius 3 is 2.59 bits per heavy atom. The van der Waals surface area contributed by atoms with E-state index in [1.165, 1.54) is 30.7 Å². The first-order valence-electron chi connectivity index (χ1n) is 5.87. The number of thioether (sulfide) groups is 1.